The number of carbonyl (C=O) groups excluding carboxylic acids is 2. The number of rotatable bonds is 8. The maximum atomic E-state index is 12.5. The van der Waals surface area contributed by atoms with E-state index in [1.54, 1.807) is 24.3 Å². The van der Waals surface area contributed by atoms with Gasteiger partial charge < -0.3 is 15.0 Å². The molecule has 0 aliphatic heterocycles. The summed E-state index contributed by atoms with van der Waals surface area (Å²) in [5, 5.41) is 4.67. The first kappa shape index (κ1) is 20.7. The van der Waals surface area contributed by atoms with Crippen molar-refractivity contribution in [3.63, 3.8) is 0 Å². The van der Waals surface area contributed by atoms with E-state index >= 15 is 0 Å². The second-order valence-corrected chi connectivity index (χ2v) is 7.52. The second-order valence-electron chi connectivity index (χ2n) is 7.11. The Hall–Kier alpha value is -3.57. The van der Waals surface area contributed by atoms with Crippen molar-refractivity contribution < 1.29 is 14.3 Å². The third-order valence-electron chi connectivity index (χ3n) is 5.19. The summed E-state index contributed by atoms with van der Waals surface area (Å²) in [6, 6.07) is 22.5. The number of H-pyrrole nitrogens is 1. The van der Waals surface area contributed by atoms with Gasteiger partial charge in [0.2, 0.25) is 0 Å². The van der Waals surface area contributed by atoms with Crippen LogP contribution in [0.2, 0.25) is 5.02 Å². The highest BCUT2D eigenvalue weighted by molar-refractivity contribution is 6.31. The van der Waals surface area contributed by atoms with Crippen LogP contribution in [0.25, 0.3) is 10.9 Å². The van der Waals surface area contributed by atoms with Gasteiger partial charge in [0.1, 0.15) is 5.75 Å². The van der Waals surface area contributed by atoms with Gasteiger partial charge in [-0.15, -0.1) is 0 Å². The van der Waals surface area contributed by atoms with Crippen molar-refractivity contribution in [3.05, 3.63) is 101 Å². The molecular formula is C25H21ClN2O3. The smallest absolute Gasteiger partial charge is 0.257 e. The number of aromatic nitrogens is 1. The van der Waals surface area contributed by atoms with E-state index in [1.807, 2.05) is 54.7 Å². The van der Waals surface area contributed by atoms with E-state index in [-0.39, 0.29) is 18.4 Å². The molecule has 5 nitrogen and oxygen atoms in total. The predicted molar refractivity (Wildman–Crippen MR) is 122 cm³/mol. The summed E-state index contributed by atoms with van der Waals surface area (Å²) in [7, 11) is 0. The molecule has 2 N–H and O–H groups in total. The number of benzene rings is 3. The Morgan fingerprint density at radius 1 is 1.00 bits per heavy atom. The van der Waals surface area contributed by atoms with Crippen LogP contribution in [0.15, 0.2) is 79.0 Å². The molecule has 0 radical (unpaired) electrons. The van der Waals surface area contributed by atoms with E-state index in [0.717, 1.165) is 22.0 Å². The average molecular weight is 433 g/mol. The van der Waals surface area contributed by atoms with Crippen LogP contribution in [0.4, 0.5) is 0 Å². The Kier molecular flexibility index (Phi) is 6.34. The van der Waals surface area contributed by atoms with E-state index in [0.29, 0.717) is 29.2 Å². The molecule has 3 aromatic carbocycles. The zero-order valence-electron chi connectivity index (χ0n) is 16.7. The van der Waals surface area contributed by atoms with Gasteiger partial charge in [0.15, 0.2) is 12.9 Å². The van der Waals surface area contributed by atoms with E-state index in [1.165, 1.54) is 0 Å². The number of para-hydroxylation sites is 2. The summed E-state index contributed by atoms with van der Waals surface area (Å²) in [5.74, 6) is -0.0411. The molecule has 1 heterocycles. The maximum absolute atomic E-state index is 12.5. The molecule has 1 amide bonds. The largest absolute Gasteiger partial charge is 0.483 e. The van der Waals surface area contributed by atoms with Crippen LogP contribution >= 0.6 is 11.6 Å². The minimum atomic E-state index is -0.280. The molecule has 0 fully saturated rings. The molecule has 4 aromatic rings. The van der Waals surface area contributed by atoms with E-state index in [4.69, 9.17) is 16.3 Å². The number of ether oxygens (including phenoxy) is 1. The van der Waals surface area contributed by atoms with Crippen molar-refractivity contribution in [1.29, 1.82) is 0 Å². The molecule has 1 aromatic heterocycles. The highest BCUT2D eigenvalue weighted by atomic mass is 35.5. The van der Waals surface area contributed by atoms with Crippen LogP contribution in [0, 0.1) is 0 Å². The van der Waals surface area contributed by atoms with Crippen molar-refractivity contribution in [1.82, 2.24) is 10.3 Å². The molecule has 4 rings (SSSR count). The van der Waals surface area contributed by atoms with Crippen LogP contribution < -0.4 is 10.1 Å². The molecule has 0 saturated heterocycles. The van der Waals surface area contributed by atoms with Crippen molar-refractivity contribution in [2.75, 3.05) is 13.2 Å². The zero-order chi connectivity index (χ0) is 21.6. The Morgan fingerprint density at radius 2 is 1.74 bits per heavy atom. The lowest BCUT2D eigenvalue weighted by molar-refractivity contribution is -0.123. The van der Waals surface area contributed by atoms with Crippen LogP contribution in [0.3, 0.4) is 0 Å². The first-order chi connectivity index (χ1) is 15.2. The number of aromatic amines is 1. The van der Waals surface area contributed by atoms with Crippen LogP contribution in [-0.4, -0.2) is 30.3 Å². The highest BCUT2D eigenvalue weighted by Gasteiger charge is 2.21. The molecule has 6 heteroatoms. The highest BCUT2D eigenvalue weighted by Crippen LogP contribution is 2.34. The third-order valence-corrected chi connectivity index (χ3v) is 5.53. The summed E-state index contributed by atoms with van der Waals surface area (Å²) in [4.78, 5) is 26.9. The van der Waals surface area contributed by atoms with Gasteiger partial charge in [-0.05, 0) is 35.4 Å². The van der Waals surface area contributed by atoms with Crippen molar-refractivity contribution >= 4 is 34.7 Å². The monoisotopic (exact) mass is 432 g/mol. The lowest BCUT2D eigenvalue weighted by Gasteiger charge is -2.19. The summed E-state index contributed by atoms with van der Waals surface area (Å²) in [6.45, 7) is 0.164. The van der Waals surface area contributed by atoms with Crippen molar-refractivity contribution in [2.24, 2.45) is 0 Å². The standard InChI is InChI=1S/C25H21ClN2O3/c26-22-10-4-2-8-18(22)20(21-13-27-23-11-5-3-9-19(21)23)14-28-25(30)16-31-24-12-6-1-7-17(24)15-29/h1-13,15,20,27H,14,16H2,(H,28,30). The van der Waals surface area contributed by atoms with E-state index in [9.17, 15) is 9.59 Å². The first-order valence-corrected chi connectivity index (χ1v) is 10.3. The summed E-state index contributed by atoms with van der Waals surface area (Å²) in [6.07, 6.45) is 2.67. The molecule has 0 saturated carbocycles. The third kappa shape index (κ3) is 4.62. The number of fused-ring (bicyclic) bond motifs is 1. The minimum absolute atomic E-state index is 0.143. The minimum Gasteiger partial charge on any atom is -0.483 e. The SMILES string of the molecule is O=Cc1ccccc1OCC(=O)NCC(c1ccccc1Cl)c1c[nH]c2ccccc12. The Morgan fingerprint density at radius 3 is 2.58 bits per heavy atom. The molecule has 1 atom stereocenters. The van der Waals surface area contributed by atoms with Crippen molar-refractivity contribution in [3.8, 4) is 5.75 Å². The van der Waals surface area contributed by atoms with Crippen LogP contribution in [-0.2, 0) is 4.79 Å². The Labute approximate surface area is 185 Å². The Balaban J connectivity index is 1.52. The first-order valence-electron chi connectivity index (χ1n) is 9.91. The van der Waals surface area contributed by atoms with Gasteiger partial charge >= 0.3 is 0 Å². The number of hydrogen-bond donors (Lipinski definition) is 2. The topological polar surface area (TPSA) is 71.2 Å². The fraction of sp³-hybridized carbons (Fsp3) is 0.120. The van der Waals surface area contributed by atoms with Gasteiger partial charge in [-0.2, -0.15) is 0 Å². The Bertz CT molecular complexity index is 1220. The summed E-state index contributed by atoms with van der Waals surface area (Å²) < 4.78 is 5.54. The zero-order valence-corrected chi connectivity index (χ0v) is 17.4. The normalized spacial score (nSPS) is 11.8. The molecule has 1 unspecified atom stereocenters. The average Bonchev–Trinajstić information content (AvgIpc) is 3.23. The van der Waals surface area contributed by atoms with Crippen LogP contribution in [0.1, 0.15) is 27.4 Å². The molecule has 156 valence electrons. The fourth-order valence-corrected chi connectivity index (χ4v) is 3.91. The number of hydrogen-bond acceptors (Lipinski definition) is 3. The molecule has 31 heavy (non-hydrogen) atoms. The van der Waals surface area contributed by atoms with Gasteiger partial charge in [-0.3, -0.25) is 9.59 Å². The number of amides is 1. The second kappa shape index (κ2) is 9.49. The van der Waals surface area contributed by atoms with E-state index in [2.05, 4.69) is 10.3 Å². The van der Waals surface area contributed by atoms with Gasteiger partial charge in [0.25, 0.3) is 5.91 Å². The van der Waals surface area contributed by atoms with Gasteiger partial charge in [0, 0.05) is 34.6 Å². The van der Waals surface area contributed by atoms with E-state index < -0.39 is 0 Å². The summed E-state index contributed by atoms with van der Waals surface area (Å²) in [5.41, 5.74) is 3.41. The number of nitrogens with one attached hydrogen (secondary N) is 2. The quantitative estimate of drug-likeness (QED) is 0.386. The molecule has 0 bridgehead atoms. The lowest BCUT2D eigenvalue weighted by atomic mass is 9.91. The number of carbonyl (C=O) groups is 2. The van der Waals surface area contributed by atoms with Crippen molar-refractivity contribution in [2.45, 2.75) is 5.92 Å². The number of aldehydes is 1. The molecular weight excluding hydrogens is 412 g/mol. The molecule has 0 aliphatic rings. The maximum Gasteiger partial charge on any atom is 0.257 e. The molecule has 0 aliphatic carbocycles. The van der Waals surface area contributed by atoms with Gasteiger partial charge in [0.05, 0.1) is 5.56 Å². The van der Waals surface area contributed by atoms with Gasteiger partial charge in [-0.25, -0.2) is 0 Å². The lowest BCUT2D eigenvalue weighted by Crippen LogP contribution is -2.33. The summed E-state index contributed by atoms with van der Waals surface area (Å²) >= 11 is 6.50. The van der Waals surface area contributed by atoms with Crippen LogP contribution in [0.5, 0.6) is 5.75 Å². The fourth-order valence-electron chi connectivity index (χ4n) is 3.65. The molecule has 0 spiro atoms. The predicted octanol–water partition coefficient (Wildman–Crippen LogP) is 4.96. The number of halogens is 1. The van der Waals surface area contributed by atoms with Gasteiger partial charge in [-0.1, -0.05) is 60.1 Å².